The highest BCUT2D eigenvalue weighted by atomic mass is 32.1. The Hall–Kier alpha value is -13.5. The molecule has 4 aliphatic heterocycles. The Morgan fingerprint density at radius 1 is 0.193 bits per heavy atom. The van der Waals surface area contributed by atoms with Crippen molar-refractivity contribution in [3.05, 3.63) is 376 Å². The Bertz CT molecular complexity index is 7550. The summed E-state index contributed by atoms with van der Waals surface area (Å²) in [5.41, 5.74) is 27.6. The fraction of sp³-hybridized carbons (Fsp3) is 0. The Morgan fingerprint density at radius 2 is 0.500 bits per heavy atom. The summed E-state index contributed by atoms with van der Waals surface area (Å²) in [6, 6.07) is 142. The normalized spacial score (nSPS) is 13.2. The van der Waals surface area contributed by atoms with E-state index in [9.17, 15) is 0 Å². The maximum absolute atomic E-state index is 2.72. The van der Waals surface area contributed by atoms with Gasteiger partial charge in [0.25, 0.3) is 13.4 Å². The van der Waals surface area contributed by atoms with Gasteiger partial charge in [0.05, 0.1) is 52.9 Å². The minimum absolute atomic E-state index is 0.236. The molecule has 25 rings (SSSR count). The van der Waals surface area contributed by atoms with Crippen LogP contribution in [-0.2, 0) is 0 Å². The van der Waals surface area contributed by atoms with E-state index >= 15 is 0 Å². The number of benzene rings is 17. The van der Waals surface area contributed by atoms with Crippen LogP contribution in [0.4, 0.5) is 102 Å². The lowest BCUT2D eigenvalue weighted by Gasteiger charge is -2.48. The predicted molar refractivity (Wildman–Crippen MR) is 495 cm³/mol. The van der Waals surface area contributed by atoms with Crippen LogP contribution in [-0.4, -0.2) is 13.4 Å². The van der Waals surface area contributed by atoms with Crippen LogP contribution >= 0.6 is 45.3 Å². The molecule has 0 bridgehead atoms. The maximum Gasteiger partial charge on any atom is 0.252 e. The van der Waals surface area contributed by atoms with Crippen LogP contribution in [0, 0.1) is 0 Å². The topological polar surface area (TPSA) is 19.4 Å². The first-order valence-corrected chi connectivity index (χ1v) is 42.2. The molecular formula is C102H62B2N6S4. The van der Waals surface area contributed by atoms with Gasteiger partial charge in [-0.3, -0.25) is 0 Å². The van der Waals surface area contributed by atoms with E-state index in [2.05, 4.69) is 406 Å². The SMILES string of the molecule is c1ccc(N(c2ccccc2)c2cc3c4c(c2)N(c2cccc5c2sc2ccccc25)c2ccccc2B4c2cc4c(cc2N3c2ccccc2)N(c2cccc3c2sc2ccccc23)c2cc(N(c3ccccc3)c3cccc5c3sc3ccccc35)cc3c2B4c2ccccc2N3c2cccc3c2sc2ccccc23)cc1. The first kappa shape index (κ1) is 64.2. The third-order valence-electron chi connectivity index (χ3n) is 24.1. The summed E-state index contributed by atoms with van der Waals surface area (Å²) in [6.45, 7) is -0.493. The Morgan fingerprint density at radius 3 is 0.939 bits per heavy atom. The molecule has 0 unspecified atom stereocenters. The molecule has 114 heavy (non-hydrogen) atoms. The monoisotopic (exact) mass is 1520 g/mol. The molecule has 0 saturated carbocycles. The number of thiophene rings is 4. The van der Waals surface area contributed by atoms with Gasteiger partial charge < -0.3 is 29.4 Å². The number of hydrogen-bond donors (Lipinski definition) is 0. The minimum Gasteiger partial charge on any atom is -0.311 e. The van der Waals surface area contributed by atoms with Crippen molar-refractivity contribution in [2.75, 3.05) is 29.4 Å². The summed E-state index contributed by atoms with van der Waals surface area (Å²) in [5.74, 6) is 0. The summed E-state index contributed by atoms with van der Waals surface area (Å²) in [7, 11) is 0. The van der Waals surface area contributed by atoms with Gasteiger partial charge in [0.2, 0.25) is 0 Å². The van der Waals surface area contributed by atoms with E-state index in [1.54, 1.807) is 0 Å². The number of para-hydroxylation sites is 6. The summed E-state index contributed by atoms with van der Waals surface area (Å²) in [5, 5.41) is 10.1. The smallest absolute Gasteiger partial charge is 0.252 e. The van der Waals surface area contributed by atoms with E-state index in [1.165, 1.54) is 113 Å². The van der Waals surface area contributed by atoms with E-state index in [0.29, 0.717) is 0 Å². The van der Waals surface area contributed by atoms with Crippen LogP contribution in [0.5, 0.6) is 0 Å². The molecule has 0 N–H and O–H groups in total. The Balaban J connectivity index is 0.827. The lowest BCUT2D eigenvalue weighted by Crippen LogP contribution is -2.65. The third-order valence-corrected chi connectivity index (χ3v) is 28.9. The highest BCUT2D eigenvalue weighted by molar-refractivity contribution is 7.28. The van der Waals surface area contributed by atoms with Gasteiger partial charge in [-0.15, -0.1) is 45.3 Å². The first-order valence-electron chi connectivity index (χ1n) is 38.9. The summed E-state index contributed by atoms with van der Waals surface area (Å²) in [4.78, 5) is 15.7. The highest BCUT2D eigenvalue weighted by Gasteiger charge is 2.50. The molecule has 6 nitrogen and oxygen atoms in total. The number of anilines is 18. The minimum atomic E-state index is -0.257. The molecule has 12 heteroatoms. The molecule has 0 amide bonds. The fourth-order valence-corrected chi connectivity index (χ4v) is 24.3. The van der Waals surface area contributed by atoms with Crippen molar-refractivity contribution in [1.29, 1.82) is 0 Å². The second-order valence-corrected chi connectivity index (χ2v) is 34.3. The molecule has 17 aromatic carbocycles. The maximum atomic E-state index is 2.72. The number of rotatable bonds is 10. The Kier molecular flexibility index (Phi) is 14.1. The molecule has 0 spiro atoms. The first-order chi connectivity index (χ1) is 56.6. The van der Waals surface area contributed by atoms with Gasteiger partial charge in [0.1, 0.15) is 0 Å². The zero-order valence-corrected chi connectivity index (χ0v) is 64.5. The van der Waals surface area contributed by atoms with Crippen LogP contribution < -0.4 is 62.2 Å². The van der Waals surface area contributed by atoms with E-state index in [1.807, 2.05) is 45.3 Å². The van der Waals surface area contributed by atoms with Gasteiger partial charge in [0.15, 0.2) is 0 Å². The summed E-state index contributed by atoms with van der Waals surface area (Å²) in [6.07, 6.45) is 0. The number of nitrogens with zero attached hydrogens (tertiary/aromatic N) is 6. The van der Waals surface area contributed by atoms with Crippen molar-refractivity contribution in [2.24, 2.45) is 0 Å². The van der Waals surface area contributed by atoms with E-state index in [-0.39, 0.29) is 13.4 Å². The summed E-state index contributed by atoms with van der Waals surface area (Å²) >= 11 is 7.56. The summed E-state index contributed by atoms with van der Waals surface area (Å²) < 4.78 is 10.0. The largest absolute Gasteiger partial charge is 0.311 e. The van der Waals surface area contributed by atoms with Gasteiger partial charge >= 0.3 is 0 Å². The molecule has 0 atom stereocenters. The molecule has 8 heterocycles. The molecule has 0 fully saturated rings. The molecule has 530 valence electrons. The van der Waals surface area contributed by atoms with Gasteiger partial charge in [-0.05, 0) is 172 Å². The molecule has 0 saturated heterocycles. The molecule has 0 aliphatic carbocycles. The zero-order chi connectivity index (χ0) is 74.4. The van der Waals surface area contributed by atoms with Crippen molar-refractivity contribution < 1.29 is 0 Å². The van der Waals surface area contributed by atoms with Gasteiger partial charge in [-0.2, -0.15) is 0 Å². The second kappa shape index (κ2) is 25.0. The third kappa shape index (κ3) is 9.36. The van der Waals surface area contributed by atoms with Gasteiger partial charge in [-0.25, -0.2) is 0 Å². The van der Waals surface area contributed by atoms with Crippen LogP contribution in [0.3, 0.4) is 0 Å². The van der Waals surface area contributed by atoms with Gasteiger partial charge in [-0.1, -0.05) is 237 Å². The lowest BCUT2D eigenvalue weighted by molar-refractivity contribution is 1.22. The number of fused-ring (bicyclic) bond motifs is 20. The molecular weight excluding hydrogens is 1460 g/mol. The van der Waals surface area contributed by atoms with Crippen LogP contribution in [0.25, 0.3) is 80.7 Å². The van der Waals surface area contributed by atoms with Crippen molar-refractivity contribution >= 4 is 275 Å². The predicted octanol–water partition coefficient (Wildman–Crippen LogP) is 26.3. The van der Waals surface area contributed by atoms with E-state index in [0.717, 1.165) is 102 Å². The van der Waals surface area contributed by atoms with Crippen LogP contribution in [0.2, 0.25) is 0 Å². The Labute approximate surface area is 674 Å². The average Bonchev–Trinajstić information content (AvgIpc) is 0.761. The molecule has 4 aliphatic rings. The van der Waals surface area contributed by atoms with Crippen molar-refractivity contribution in [1.82, 2.24) is 0 Å². The molecule has 0 radical (unpaired) electrons. The fourth-order valence-electron chi connectivity index (χ4n) is 19.5. The second-order valence-electron chi connectivity index (χ2n) is 30.1. The van der Waals surface area contributed by atoms with E-state index in [4.69, 9.17) is 0 Å². The van der Waals surface area contributed by atoms with Crippen LogP contribution in [0.15, 0.2) is 376 Å². The lowest BCUT2D eigenvalue weighted by atomic mass is 9.30. The van der Waals surface area contributed by atoms with Crippen molar-refractivity contribution in [3.63, 3.8) is 0 Å². The average molecular weight is 1520 g/mol. The number of hydrogen-bond acceptors (Lipinski definition) is 10. The van der Waals surface area contributed by atoms with E-state index < -0.39 is 0 Å². The molecule has 4 aromatic heterocycles. The van der Waals surface area contributed by atoms with Gasteiger partial charge in [0, 0.05) is 130 Å². The quantitative estimate of drug-likeness (QED) is 0.126. The molecule has 21 aromatic rings. The zero-order valence-electron chi connectivity index (χ0n) is 61.3. The van der Waals surface area contributed by atoms with Crippen molar-refractivity contribution in [2.45, 2.75) is 0 Å². The highest BCUT2D eigenvalue weighted by Crippen LogP contribution is 2.57. The standard InChI is InChI=1S/C102H62B2N6S4/c1-5-29-63(30-6-1)105(64-31-7-2-8-32-64)67-57-89-97-90(58-67)108(84-50-26-42-74-70-38-14-22-54-94(70)112-100(74)84)81-47-19-17-45-77(81)103(97)79-61-80-88(62-87(79)107(89)66-35-11-4-12-36-66)110(86-52-28-44-76-72-40-16-24-56-96(72)114-102(76)86)92-60-68(106(65-33-9-3-10-34-65)83-49-25-41-73-69-37-13-21-53-93(69)111-99(73)83)59-91-98(92)104(80)78-46-18-20-48-82(78)109(91)85-51-27-43-75-71-39-15-23-55-95(71)113-101(75)85/h1-62H. The van der Waals surface area contributed by atoms with Crippen LogP contribution in [0.1, 0.15) is 0 Å². The van der Waals surface area contributed by atoms with Crippen molar-refractivity contribution in [3.8, 4) is 0 Å².